The number of rotatable bonds is 5. The van der Waals surface area contributed by atoms with Gasteiger partial charge in [0.05, 0.1) is 10.0 Å². The first-order valence-corrected chi connectivity index (χ1v) is 5.82. The highest BCUT2D eigenvalue weighted by molar-refractivity contribution is 9.10. The summed E-state index contributed by atoms with van der Waals surface area (Å²) in [6, 6.07) is 4.27. The molecule has 0 aliphatic rings. The monoisotopic (exact) mass is 315 g/mol. The van der Waals surface area contributed by atoms with Crippen molar-refractivity contribution in [3.05, 3.63) is 46.7 Å². The Morgan fingerprint density at radius 2 is 2.17 bits per heavy atom. The minimum Gasteiger partial charge on any atom is -0.480 e. The third kappa shape index (κ3) is 3.40. The molecule has 0 aromatic heterocycles. The maximum atomic E-state index is 13.7. The van der Waals surface area contributed by atoms with E-state index in [-0.39, 0.29) is 16.6 Å². The fraction of sp³-hybridized carbons (Fsp3) is 0.167. The second-order valence-electron chi connectivity index (χ2n) is 3.47. The van der Waals surface area contributed by atoms with Gasteiger partial charge in [0.25, 0.3) is 5.91 Å². The summed E-state index contributed by atoms with van der Waals surface area (Å²) >= 11 is 2.97. The molecule has 4 nitrogen and oxygen atoms in total. The number of halogens is 2. The lowest BCUT2D eigenvalue weighted by Gasteiger charge is -2.19. The van der Waals surface area contributed by atoms with Crippen molar-refractivity contribution >= 4 is 27.8 Å². The first kappa shape index (κ1) is 14.4. The molecule has 96 valence electrons. The van der Waals surface area contributed by atoms with Crippen molar-refractivity contribution in [3.63, 3.8) is 0 Å². The summed E-state index contributed by atoms with van der Waals surface area (Å²) in [5.74, 6) is -2.56. The van der Waals surface area contributed by atoms with Gasteiger partial charge in [-0.05, 0) is 28.1 Å². The van der Waals surface area contributed by atoms with Gasteiger partial charge in [0.2, 0.25) is 0 Å². The first-order chi connectivity index (χ1) is 8.47. The van der Waals surface area contributed by atoms with Crippen molar-refractivity contribution in [1.82, 2.24) is 4.90 Å². The number of carbonyl (C=O) groups is 2. The molecule has 18 heavy (non-hydrogen) atoms. The van der Waals surface area contributed by atoms with Crippen LogP contribution in [0.4, 0.5) is 4.39 Å². The Morgan fingerprint density at radius 3 is 2.72 bits per heavy atom. The third-order valence-electron chi connectivity index (χ3n) is 2.14. The number of benzene rings is 1. The number of carboxylic acid groups (broad SMARTS) is 1. The second kappa shape index (κ2) is 6.30. The molecule has 0 saturated carbocycles. The normalized spacial score (nSPS) is 9.89. The lowest BCUT2D eigenvalue weighted by Crippen LogP contribution is -2.36. The van der Waals surface area contributed by atoms with Crippen molar-refractivity contribution in [2.75, 3.05) is 13.1 Å². The highest BCUT2D eigenvalue weighted by atomic mass is 79.9. The fourth-order valence-corrected chi connectivity index (χ4v) is 1.74. The molecule has 1 rings (SSSR count). The molecular formula is C12H11BrFNO3. The second-order valence-corrected chi connectivity index (χ2v) is 4.32. The van der Waals surface area contributed by atoms with E-state index in [0.29, 0.717) is 0 Å². The average molecular weight is 316 g/mol. The predicted octanol–water partition coefficient (Wildman–Crippen LogP) is 2.30. The predicted molar refractivity (Wildman–Crippen MR) is 67.8 cm³/mol. The lowest BCUT2D eigenvalue weighted by molar-refractivity contribution is -0.137. The minimum atomic E-state index is -1.17. The van der Waals surface area contributed by atoms with E-state index in [1.54, 1.807) is 0 Å². The standard InChI is InChI=1S/C12H11BrFNO3/c1-2-6-15(7-10(16)17)12(18)8-4-3-5-9(13)11(8)14/h2-5H,1,6-7H2,(H,16,17). The van der Waals surface area contributed by atoms with E-state index in [0.717, 1.165) is 4.90 Å². The summed E-state index contributed by atoms with van der Waals surface area (Å²) in [4.78, 5) is 23.6. The van der Waals surface area contributed by atoms with Crippen molar-refractivity contribution in [2.45, 2.75) is 0 Å². The van der Waals surface area contributed by atoms with Gasteiger partial charge in [-0.15, -0.1) is 6.58 Å². The average Bonchev–Trinajstić information content (AvgIpc) is 2.31. The quantitative estimate of drug-likeness (QED) is 0.848. The lowest BCUT2D eigenvalue weighted by atomic mass is 10.2. The Labute approximate surface area is 112 Å². The number of carboxylic acids is 1. The topological polar surface area (TPSA) is 57.6 Å². The number of amides is 1. The summed E-state index contributed by atoms with van der Waals surface area (Å²) in [5, 5.41) is 8.70. The SMILES string of the molecule is C=CCN(CC(=O)O)C(=O)c1cccc(Br)c1F. The van der Waals surface area contributed by atoms with Crippen LogP contribution in [-0.2, 0) is 4.79 Å². The molecule has 0 unspecified atom stereocenters. The maximum absolute atomic E-state index is 13.7. The van der Waals surface area contributed by atoms with Gasteiger partial charge in [-0.2, -0.15) is 0 Å². The minimum absolute atomic E-state index is 0.0388. The molecule has 0 aliphatic heterocycles. The summed E-state index contributed by atoms with van der Waals surface area (Å²) in [7, 11) is 0. The Kier molecular flexibility index (Phi) is 5.03. The molecule has 0 radical (unpaired) electrons. The third-order valence-corrected chi connectivity index (χ3v) is 2.76. The zero-order valence-electron chi connectivity index (χ0n) is 9.40. The molecule has 0 saturated heterocycles. The molecular weight excluding hydrogens is 305 g/mol. The van der Waals surface area contributed by atoms with E-state index in [9.17, 15) is 14.0 Å². The van der Waals surface area contributed by atoms with Gasteiger partial charge >= 0.3 is 5.97 Å². The molecule has 0 heterocycles. The molecule has 1 N–H and O–H groups in total. The van der Waals surface area contributed by atoms with Gasteiger partial charge in [0, 0.05) is 6.54 Å². The van der Waals surface area contributed by atoms with E-state index >= 15 is 0 Å². The van der Waals surface area contributed by atoms with Crippen LogP contribution < -0.4 is 0 Å². The molecule has 0 bridgehead atoms. The van der Waals surface area contributed by atoms with Gasteiger partial charge in [-0.25, -0.2) is 4.39 Å². The van der Waals surface area contributed by atoms with Gasteiger partial charge < -0.3 is 10.0 Å². The molecule has 1 amide bonds. The van der Waals surface area contributed by atoms with Crippen LogP contribution in [0.3, 0.4) is 0 Å². The van der Waals surface area contributed by atoms with E-state index in [1.807, 2.05) is 0 Å². The van der Waals surface area contributed by atoms with E-state index in [1.165, 1.54) is 24.3 Å². The summed E-state index contributed by atoms with van der Waals surface area (Å²) < 4.78 is 13.9. The van der Waals surface area contributed by atoms with E-state index in [4.69, 9.17) is 5.11 Å². The zero-order valence-corrected chi connectivity index (χ0v) is 11.0. The summed E-state index contributed by atoms with van der Waals surface area (Å²) in [6.45, 7) is 2.97. The molecule has 0 atom stereocenters. The first-order valence-electron chi connectivity index (χ1n) is 5.03. The van der Waals surface area contributed by atoms with Crippen molar-refractivity contribution < 1.29 is 19.1 Å². The van der Waals surface area contributed by atoms with Crippen LogP contribution in [0, 0.1) is 5.82 Å². The van der Waals surface area contributed by atoms with Crippen molar-refractivity contribution in [1.29, 1.82) is 0 Å². The molecule has 0 spiro atoms. The van der Waals surface area contributed by atoms with Crippen LogP contribution in [0.25, 0.3) is 0 Å². The van der Waals surface area contributed by atoms with Crippen LogP contribution in [0.1, 0.15) is 10.4 Å². The highest BCUT2D eigenvalue weighted by Crippen LogP contribution is 2.19. The Bertz CT molecular complexity index is 490. The van der Waals surface area contributed by atoms with E-state index in [2.05, 4.69) is 22.5 Å². The van der Waals surface area contributed by atoms with Crippen LogP contribution in [-0.4, -0.2) is 35.0 Å². The maximum Gasteiger partial charge on any atom is 0.323 e. The number of nitrogens with zero attached hydrogens (tertiary/aromatic N) is 1. The van der Waals surface area contributed by atoms with Crippen LogP contribution in [0.15, 0.2) is 35.3 Å². The highest BCUT2D eigenvalue weighted by Gasteiger charge is 2.21. The van der Waals surface area contributed by atoms with Crippen molar-refractivity contribution in [2.24, 2.45) is 0 Å². The van der Waals surface area contributed by atoms with Gasteiger partial charge in [0.15, 0.2) is 0 Å². The number of carbonyl (C=O) groups excluding carboxylic acids is 1. The molecule has 0 fully saturated rings. The van der Waals surface area contributed by atoms with E-state index < -0.39 is 24.2 Å². The number of aliphatic carboxylic acids is 1. The van der Waals surface area contributed by atoms with Crippen molar-refractivity contribution in [3.8, 4) is 0 Å². The van der Waals surface area contributed by atoms with Crippen LogP contribution in [0.2, 0.25) is 0 Å². The smallest absolute Gasteiger partial charge is 0.323 e. The Hall–Kier alpha value is -1.69. The number of hydrogen-bond acceptors (Lipinski definition) is 2. The van der Waals surface area contributed by atoms with Gasteiger partial charge in [-0.1, -0.05) is 12.1 Å². The largest absolute Gasteiger partial charge is 0.480 e. The van der Waals surface area contributed by atoms with Gasteiger partial charge in [0.1, 0.15) is 12.4 Å². The Balaban J connectivity index is 3.05. The van der Waals surface area contributed by atoms with Crippen LogP contribution in [0.5, 0.6) is 0 Å². The zero-order chi connectivity index (χ0) is 13.7. The summed E-state index contributed by atoms with van der Waals surface area (Å²) in [5.41, 5.74) is -0.174. The summed E-state index contributed by atoms with van der Waals surface area (Å²) in [6.07, 6.45) is 1.39. The molecule has 1 aromatic rings. The molecule has 0 aliphatic carbocycles. The molecule has 6 heteroatoms. The number of hydrogen-bond donors (Lipinski definition) is 1. The molecule has 1 aromatic carbocycles. The van der Waals surface area contributed by atoms with Crippen LogP contribution >= 0.6 is 15.9 Å². The van der Waals surface area contributed by atoms with Gasteiger partial charge in [-0.3, -0.25) is 9.59 Å². The fourth-order valence-electron chi connectivity index (χ4n) is 1.38. The Morgan fingerprint density at radius 1 is 1.50 bits per heavy atom.